The van der Waals surface area contributed by atoms with Crippen molar-refractivity contribution < 1.29 is 4.74 Å². The summed E-state index contributed by atoms with van der Waals surface area (Å²) in [5, 5.41) is 0. The maximum atomic E-state index is 5.62. The Morgan fingerprint density at radius 2 is 2.13 bits per heavy atom. The minimum Gasteiger partial charge on any atom is -0.476 e. The Labute approximate surface area is 88.0 Å². The number of hydrogen-bond acceptors (Lipinski definition) is 5. The van der Waals surface area contributed by atoms with Crippen molar-refractivity contribution in [2.24, 2.45) is 4.99 Å². The normalized spacial score (nSPS) is 16.5. The molecule has 0 fully saturated rings. The Bertz CT molecular complexity index is 427. The van der Waals surface area contributed by atoms with E-state index in [2.05, 4.69) is 15.0 Å². The van der Waals surface area contributed by atoms with Crippen LogP contribution in [-0.4, -0.2) is 37.0 Å². The van der Waals surface area contributed by atoms with Gasteiger partial charge in [-0.05, 0) is 6.92 Å². The van der Waals surface area contributed by atoms with E-state index in [0.29, 0.717) is 22.7 Å². The van der Waals surface area contributed by atoms with Crippen molar-refractivity contribution in [3.8, 4) is 5.88 Å². The van der Waals surface area contributed by atoms with Gasteiger partial charge in [0.15, 0.2) is 6.34 Å². The van der Waals surface area contributed by atoms with Crippen LogP contribution in [0.5, 0.6) is 5.88 Å². The van der Waals surface area contributed by atoms with Gasteiger partial charge in [0, 0.05) is 0 Å². The van der Waals surface area contributed by atoms with E-state index in [1.165, 1.54) is 0 Å². The Hall–Kier alpha value is -1.69. The van der Waals surface area contributed by atoms with Gasteiger partial charge < -0.3 is 10.5 Å². The summed E-state index contributed by atoms with van der Waals surface area (Å²) >= 11 is 0. The Kier molecular flexibility index (Phi) is 2.08. The Balaban J connectivity index is 2.57. The predicted molar refractivity (Wildman–Crippen MR) is 59.4 cm³/mol. The fraction of sp³-hybridized carbons (Fsp3) is 0.444. The van der Waals surface area contributed by atoms with Crippen molar-refractivity contribution in [2.75, 3.05) is 26.4 Å². The van der Waals surface area contributed by atoms with Crippen LogP contribution in [0.1, 0.15) is 6.92 Å². The van der Waals surface area contributed by atoms with Crippen molar-refractivity contribution in [3.05, 3.63) is 0 Å². The SMILES string of the molecule is CCOc1nc(N)nc2c1N=C[N+]2(C)C. The topological polar surface area (TPSA) is 73.4 Å². The first-order chi connectivity index (χ1) is 7.04. The van der Waals surface area contributed by atoms with Crippen LogP contribution in [0.4, 0.5) is 17.5 Å². The predicted octanol–water partition coefficient (Wildman–Crippen LogP) is 0.698. The zero-order valence-corrected chi connectivity index (χ0v) is 9.06. The fourth-order valence-corrected chi connectivity index (χ4v) is 1.45. The van der Waals surface area contributed by atoms with Crippen LogP contribution in [0.15, 0.2) is 4.99 Å². The lowest BCUT2D eigenvalue weighted by molar-refractivity contribution is 0.328. The molecule has 1 aliphatic heterocycles. The molecule has 0 spiro atoms. The van der Waals surface area contributed by atoms with Gasteiger partial charge in [-0.2, -0.15) is 15.0 Å². The van der Waals surface area contributed by atoms with Crippen LogP contribution in [0.25, 0.3) is 0 Å². The molecule has 0 amide bonds. The summed E-state index contributed by atoms with van der Waals surface area (Å²) in [6.45, 7) is 2.43. The van der Waals surface area contributed by atoms with Gasteiger partial charge in [-0.3, -0.25) is 0 Å². The molecule has 2 N–H and O–H groups in total. The van der Waals surface area contributed by atoms with Crippen molar-refractivity contribution in [1.29, 1.82) is 0 Å². The minimum absolute atomic E-state index is 0.217. The standard InChI is InChI=1S/C9H14N5O/c1-4-15-8-6-7(12-9(10)13-8)14(2,3)5-11-6/h5H,4H2,1-3H3,(H2,10,12,13)/q+1. The van der Waals surface area contributed by atoms with Gasteiger partial charge in [0.2, 0.25) is 11.6 Å². The molecule has 0 unspecified atom stereocenters. The lowest BCUT2D eigenvalue weighted by atomic mass is 10.4. The Morgan fingerprint density at radius 1 is 1.40 bits per heavy atom. The third-order valence-electron chi connectivity index (χ3n) is 2.15. The number of quaternary nitrogens is 1. The molecule has 1 aromatic heterocycles. The summed E-state index contributed by atoms with van der Waals surface area (Å²) in [5.74, 6) is 1.44. The largest absolute Gasteiger partial charge is 0.476 e. The van der Waals surface area contributed by atoms with Crippen LogP contribution in [-0.2, 0) is 0 Å². The molecule has 0 bridgehead atoms. The smallest absolute Gasteiger partial charge is 0.268 e. The molecule has 0 saturated heterocycles. The van der Waals surface area contributed by atoms with Gasteiger partial charge in [0.25, 0.3) is 11.7 Å². The molecule has 0 aromatic carbocycles. The number of hydrogen-bond donors (Lipinski definition) is 1. The van der Waals surface area contributed by atoms with Gasteiger partial charge in [0.1, 0.15) is 0 Å². The number of ether oxygens (including phenoxy) is 1. The van der Waals surface area contributed by atoms with Crippen molar-refractivity contribution >= 4 is 23.8 Å². The summed E-state index contributed by atoms with van der Waals surface area (Å²) in [6.07, 6.45) is 1.78. The van der Waals surface area contributed by atoms with E-state index in [4.69, 9.17) is 10.5 Å². The van der Waals surface area contributed by atoms with Crippen molar-refractivity contribution in [1.82, 2.24) is 14.5 Å². The molecular formula is C9H14N5O+. The molecule has 0 aliphatic carbocycles. The highest BCUT2D eigenvalue weighted by Crippen LogP contribution is 2.40. The monoisotopic (exact) mass is 208 g/mol. The second-order valence-corrected chi connectivity index (χ2v) is 3.78. The second kappa shape index (κ2) is 3.16. The maximum absolute atomic E-state index is 5.62. The average molecular weight is 208 g/mol. The van der Waals surface area contributed by atoms with Crippen LogP contribution in [0.2, 0.25) is 0 Å². The summed E-state index contributed by atoms with van der Waals surface area (Å²) in [5.41, 5.74) is 6.29. The number of rotatable bonds is 2. The van der Waals surface area contributed by atoms with E-state index in [1.54, 1.807) is 6.34 Å². The lowest BCUT2D eigenvalue weighted by Gasteiger charge is -2.17. The van der Waals surface area contributed by atoms with Crippen molar-refractivity contribution in [3.63, 3.8) is 0 Å². The maximum Gasteiger partial charge on any atom is 0.268 e. The van der Waals surface area contributed by atoms with E-state index in [-0.39, 0.29) is 5.95 Å². The van der Waals surface area contributed by atoms with E-state index in [9.17, 15) is 0 Å². The summed E-state index contributed by atoms with van der Waals surface area (Å²) < 4.78 is 5.83. The fourth-order valence-electron chi connectivity index (χ4n) is 1.45. The van der Waals surface area contributed by atoms with Gasteiger partial charge in [0.05, 0.1) is 20.7 Å². The van der Waals surface area contributed by atoms with Gasteiger partial charge in [-0.15, -0.1) is 0 Å². The zero-order chi connectivity index (χ0) is 11.1. The minimum atomic E-state index is 0.217. The number of aromatic nitrogens is 2. The molecule has 2 rings (SSSR count). The highest BCUT2D eigenvalue weighted by molar-refractivity contribution is 5.88. The molecule has 6 nitrogen and oxygen atoms in total. The lowest BCUT2D eigenvalue weighted by Crippen LogP contribution is -2.37. The number of fused-ring (bicyclic) bond motifs is 1. The first kappa shape index (κ1) is 9.85. The first-order valence-electron chi connectivity index (χ1n) is 4.74. The molecule has 2 heterocycles. The molecule has 6 heteroatoms. The number of nitrogens with two attached hydrogens (primary N) is 1. The molecule has 80 valence electrons. The van der Waals surface area contributed by atoms with Crippen molar-refractivity contribution in [2.45, 2.75) is 6.92 Å². The molecule has 1 aliphatic rings. The zero-order valence-electron chi connectivity index (χ0n) is 9.06. The van der Waals surface area contributed by atoms with E-state index in [1.807, 2.05) is 21.0 Å². The molecule has 0 saturated carbocycles. The van der Waals surface area contributed by atoms with Crippen LogP contribution < -0.4 is 15.0 Å². The third-order valence-corrected chi connectivity index (χ3v) is 2.15. The van der Waals surface area contributed by atoms with Crippen LogP contribution in [0.3, 0.4) is 0 Å². The van der Waals surface area contributed by atoms with Gasteiger partial charge >= 0.3 is 0 Å². The number of anilines is 1. The molecule has 1 aromatic rings. The average Bonchev–Trinajstić information content (AvgIpc) is 2.43. The molecular weight excluding hydrogens is 194 g/mol. The quantitative estimate of drug-likeness (QED) is 0.726. The molecule has 0 radical (unpaired) electrons. The van der Waals surface area contributed by atoms with E-state index < -0.39 is 0 Å². The number of nitrogens with zero attached hydrogens (tertiary/aromatic N) is 4. The van der Waals surface area contributed by atoms with E-state index >= 15 is 0 Å². The number of nitrogen functional groups attached to an aromatic ring is 1. The summed E-state index contributed by atoms with van der Waals surface area (Å²) in [7, 11) is 3.94. The third kappa shape index (κ3) is 1.52. The second-order valence-electron chi connectivity index (χ2n) is 3.78. The van der Waals surface area contributed by atoms with Crippen LogP contribution >= 0.6 is 0 Å². The highest BCUT2D eigenvalue weighted by atomic mass is 16.5. The van der Waals surface area contributed by atoms with Gasteiger partial charge in [-0.1, -0.05) is 0 Å². The summed E-state index contributed by atoms with van der Waals surface area (Å²) in [6, 6.07) is 0. The first-order valence-corrected chi connectivity index (χ1v) is 4.74. The molecule has 15 heavy (non-hydrogen) atoms. The molecule has 0 atom stereocenters. The highest BCUT2D eigenvalue weighted by Gasteiger charge is 2.33. The van der Waals surface area contributed by atoms with Crippen LogP contribution in [0, 0.1) is 0 Å². The Morgan fingerprint density at radius 3 is 2.80 bits per heavy atom. The van der Waals surface area contributed by atoms with E-state index in [0.717, 1.165) is 5.82 Å². The summed E-state index contributed by atoms with van der Waals surface area (Å²) in [4.78, 5) is 12.5. The number of aliphatic imine (C=N–C) groups is 1. The van der Waals surface area contributed by atoms with Gasteiger partial charge in [-0.25, -0.2) is 4.48 Å².